The highest BCUT2D eigenvalue weighted by Gasteiger charge is 2.12. The summed E-state index contributed by atoms with van der Waals surface area (Å²) in [5.41, 5.74) is 5.26. The first-order chi connectivity index (χ1) is 7.04. The fourth-order valence-electron chi connectivity index (χ4n) is 0.926. The smallest absolute Gasteiger partial charge is 0.339 e. The van der Waals surface area contributed by atoms with Gasteiger partial charge in [0.1, 0.15) is 11.9 Å². The van der Waals surface area contributed by atoms with Gasteiger partial charge in [0.05, 0.1) is 11.3 Å². The zero-order valence-corrected chi connectivity index (χ0v) is 8.03. The molecule has 2 N–H and O–H groups in total. The molecular formula is C10H9FN2O2. The Morgan fingerprint density at radius 1 is 1.67 bits per heavy atom. The molecule has 5 heteroatoms. The van der Waals surface area contributed by atoms with E-state index in [-0.39, 0.29) is 11.3 Å². The highest BCUT2D eigenvalue weighted by Crippen LogP contribution is 2.13. The molecule has 1 atom stereocenters. The van der Waals surface area contributed by atoms with Crippen molar-refractivity contribution in [2.75, 3.05) is 5.73 Å². The van der Waals surface area contributed by atoms with E-state index in [0.29, 0.717) is 0 Å². The van der Waals surface area contributed by atoms with Gasteiger partial charge in [-0.25, -0.2) is 9.18 Å². The quantitative estimate of drug-likeness (QED) is 0.589. The van der Waals surface area contributed by atoms with Gasteiger partial charge in [-0.1, -0.05) is 0 Å². The molecule has 0 spiro atoms. The van der Waals surface area contributed by atoms with Gasteiger partial charge in [-0.2, -0.15) is 5.26 Å². The van der Waals surface area contributed by atoms with Crippen molar-refractivity contribution in [3.8, 4) is 6.07 Å². The minimum Gasteiger partial charge on any atom is -0.444 e. The molecule has 0 saturated heterocycles. The van der Waals surface area contributed by atoms with Gasteiger partial charge in [0.25, 0.3) is 0 Å². The third kappa shape index (κ3) is 2.68. The molecular weight excluding hydrogens is 199 g/mol. The van der Waals surface area contributed by atoms with E-state index >= 15 is 0 Å². The fraction of sp³-hybridized carbons (Fsp3) is 0.200. The molecule has 0 fully saturated rings. The Bertz CT molecular complexity index is 426. The molecule has 78 valence electrons. The van der Waals surface area contributed by atoms with E-state index in [1.165, 1.54) is 19.1 Å². The minimum absolute atomic E-state index is 0.121. The number of nitriles is 1. The van der Waals surface area contributed by atoms with Crippen molar-refractivity contribution in [2.45, 2.75) is 13.0 Å². The van der Waals surface area contributed by atoms with Gasteiger partial charge in [0.15, 0.2) is 6.10 Å². The van der Waals surface area contributed by atoms with Crippen LogP contribution in [0.1, 0.15) is 17.3 Å². The lowest BCUT2D eigenvalue weighted by atomic mass is 10.2. The van der Waals surface area contributed by atoms with Crippen molar-refractivity contribution >= 4 is 11.7 Å². The highest BCUT2D eigenvalue weighted by atomic mass is 19.1. The minimum atomic E-state index is -0.844. The zero-order valence-electron chi connectivity index (χ0n) is 8.03. The topological polar surface area (TPSA) is 76.1 Å². The van der Waals surface area contributed by atoms with Crippen LogP contribution in [0.15, 0.2) is 18.2 Å². The van der Waals surface area contributed by atoms with Crippen molar-refractivity contribution in [2.24, 2.45) is 0 Å². The number of carbonyl (C=O) groups is 1. The number of benzene rings is 1. The van der Waals surface area contributed by atoms with Crippen molar-refractivity contribution in [1.29, 1.82) is 5.26 Å². The van der Waals surface area contributed by atoms with Crippen LogP contribution in [-0.2, 0) is 4.74 Å². The summed E-state index contributed by atoms with van der Waals surface area (Å²) in [6.45, 7) is 1.44. The number of nitrogens with two attached hydrogens (primary N) is 1. The number of nitrogen functional groups attached to an aromatic ring is 1. The van der Waals surface area contributed by atoms with Crippen LogP contribution in [-0.4, -0.2) is 12.1 Å². The Morgan fingerprint density at radius 3 is 2.87 bits per heavy atom. The maximum Gasteiger partial charge on any atom is 0.339 e. The first-order valence-corrected chi connectivity index (χ1v) is 4.20. The average molecular weight is 208 g/mol. The van der Waals surface area contributed by atoms with Gasteiger partial charge in [0, 0.05) is 0 Å². The van der Waals surface area contributed by atoms with Gasteiger partial charge in [-0.05, 0) is 25.1 Å². The molecule has 15 heavy (non-hydrogen) atoms. The number of hydrogen-bond donors (Lipinski definition) is 1. The summed E-state index contributed by atoms with van der Waals surface area (Å²) in [6, 6.07) is 5.23. The second-order valence-electron chi connectivity index (χ2n) is 2.91. The number of ether oxygens (including phenoxy) is 1. The summed E-state index contributed by atoms with van der Waals surface area (Å²) in [7, 11) is 0. The highest BCUT2D eigenvalue weighted by molar-refractivity contribution is 5.90. The molecule has 0 aromatic heterocycles. The average Bonchev–Trinajstić information content (AvgIpc) is 2.21. The van der Waals surface area contributed by atoms with E-state index in [0.717, 1.165) is 6.07 Å². The molecule has 0 aliphatic heterocycles. The van der Waals surface area contributed by atoms with Crippen molar-refractivity contribution in [1.82, 2.24) is 0 Å². The van der Waals surface area contributed by atoms with Crippen LogP contribution >= 0.6 is 0 Å². The van der Waals surface area contributed by atoms with E-state index < -0.39 is 17.9 Å². The predicted octanol–water partition coefficient (Wildman–Crippen LogP) is 1.48. The standard InChI is InChI=1S/C10H9FN2O2/c1-6(5-12)15-10(14)7-2-3-8(11)9(13)4-7/h2-4,6H,13H2,1H3. The summed E-state index contributed by atoms with van der Waals surface area (Å²) in [5, 5.41) is 8.42. The van der Waals surface area contributed by atoms with Crippen molar-refractivity contribution in [3.05, 3.63) is 29.6 Å². The maximum absolute atomic E-state index is 12.8. The van der Waals surface area contributed by atoms with Gasteiger partial charge in [-0.3, -0.25) is 0 Å². The molecule has 0 bridgehead atoms. The molecule has 0 aliphatic carbocycles. The fourth-order valence-corrected chi connectivity index (χ4v) is 0.926. The number of hydrogen-bond acceptors (Lipinski definition) is 4. The van der Waals surface area contributed by atoms with Crippen LogP contribution in [0, 0.1) is 17.1 Å². The zero-order chi connectivity index (χ0) is 11.4. The second-order valence-corrected chi connectivity index (χ2v) is 2.91. The molecule has 4 nitrogen and oxygen atoms in total. The van der Waals surface area contributed by atoms with Gasteiger partial charge < -0.3 is 10.5 Å². The van der Waals surface area contributed by atoms with Crippen LogP contribution < -0.4 is 5.73 Å². The molecule has 1 aromatic rings. The van der Waals surface area contributed by atoms with Gasteiger partial charge in [0.2, 0.25) is 0 Å². The number of anilines is 1. The Morgan fingerprint density at radius 2 is 2.33 bits per heavy atom. The molecule has 0 aliphatic rings. The third-order valence-corrected chi connectivity index (χ3v) is 1.70. The van der Waals surface area contributed by atoms with E-state index in [4.69, 9.17) is 15.7 Å². The van der Waals surface area contributed by atoms with Crippen molar-refractivity contribution in [3.63, 3.8) is 0 Å². The number of rotatable bonds is 2. The van der Waals surface area contributed by atoms with Gasteiger partial charge >= 0.3 is 5.97 Å². The summed E-state index contributed by atoms with van der Waals surface area (Å²) < 4.78 is 17.5. The summed E-state index contributed by atoms with van der Waals surface area (Å²) in [5.74, 6) is -1.30. The first kappa shape index (κ1) is 11.0. The predicted molar refractivity (Wildman–Crippen MR) is 51.3 cm³/mol. The lowest BCUT2D eigenvalue weighted by Crippen LogP contribution is -2.13. The van der Waals surface area contributed by atoms with E-state index in [2.05, 4.69) is 0 Å². The third-order valence-electron chi connectivity index (χ3n) is 1.70. The Balaban J connectivity index is 2.84. The SMILES string of the molecule is CC(C#N)OC(=O)c1ccc(F)c(N)c1. The van der Waals surface area contributed by atoms with Crippen LogP contribution in [0.2, 0.25) is 0 Å². The second kappa shape index (κ2) is 4.42. The lowest BCUT2D eigenvalue weighted by molar-refractivity contribution is 0.0435. The number of carbonyl (C=O) groups excluding carboxylic acids is 1. The molecule has 0 heterocycles. The summed E-state index contributed by atoms with van der Waals surface area (Å²) >= 11 is 0. The molecule has 0 amide bonds. The molecule has 0 saturated carbocycles. The summed E-state index contributed by atoms with van der Waals surface area (Å²) in [4.78, 5) is 11.3. The van der Waals surface area contributed by atoms with Crippen LogP contribution in [0.25, 0.3) is 0 Å². The lowest BCUT2D eigenvalue weighted by Gasteiger charge is -2.06. The number of esters is 1. The largest absolute Gasteiger partial charge is 0.444 e. The molecule has 1 unspecified atom stereocenters. The van der Waals surface area contributed by atoms with Crippen molar-refractivity contribution < 1.29 is 13.9 Å². The molecule has 1 aromatic carbocycles. The normalized spacial score (nSPS) is 11.5. The number of halogens is 1. The van der Waals surface area contributed by atoms with Crippen LogP contribution in [0.5, 0.6) is 0 Å². The van der Waals surface area contributed by atoms with Crippen LogP contribution in [0.3, 0.4) is 0 Å². The first-order valence-electron chi connectivity index (χ1n) is 4.20. The molecule has 0 radical (unpaired) electrons. The van der Waals surface area contributed by atoms with E-state index in [1.54, 1.807) is 6.07 Å². The summed E-state index contributed by atoms with van der Waals surface area (Å²) in [6.07, 6.45) is -0.844. The Hall–Kier alpha value is -2.09. The Kier molecular flexibility index (Phi) is 3.24. The Labute approximate surface area is 86.1 Å². The van der Waals surface area contributed by atoms with Crippen LogP contribution in [0.4, 0.5) is 10.1 Å². The molecule has 1 rings (SSSR count). The number of nitrogens with zero attached hydrogens (tertiary/aromatic N) is 1. The van der Waals surface area contributed by atoms with E-state index in [1.807, 2.05) is 0 Å². The van der Waals surface area contributed by atoms with E-state index in [9.17, 15) is 9.18 Å². The van der Waals surface area contributed by atoms with Gasteiger partial charge in [-0.15, -0.1) is 0 Å². The maximum atomic E-state index is 12.8. The monoisotopic (exact) mass is 208 g/mol.